The molecule has 0 aromatic heterocycles. The lowest BCUT2D eigenvalue weighted by Crippen LogP contribution is -2.35. The summed E-state index contributed by atoms with van der Waals surface area (Å²) in [6.45, 7) is 8.70. The number of nitriles is 1. The minimum atomic E-state index is 0.0173. The van der Waals surface area contributed by atoms with E-state index < -0.39 is 0 Å². The summed E-state index contributed by atoms with van der Waals surface area (Å²) in [7, 11) is 0. The summed E-state index contributed by atoms with van der Waals surface area (Å²) < 4.78 is 5.35. The third-order valence-electron chi connectivity index (χ3n) is 3.11. The van der Waals surface area contributed by atoms with Crippen LogP contribution in [0.5, 0.6) is 0 Å². The molecule has 1 atom stereocenters. The van der Waals surface area contributed by atoms with Crippen LogP contribution < -0.4 is 5.32 Å². The van der Waals surface area contributed by atoms with Gasteiger partial charge in [0.1, 0.15) is 0 Å². The maximum absolute atomic E-state index is 9.05. The van der Waals surface area contributed by atoms with Crippen LogP contribution in [-0.4, -0.2) is 49.8 Å². The first-order valence-electron chi connectivity index (χ1n) is 6.75. The molecule has 0 amide bonds. The topological polar surface area (TPSA) is 48.3 Å². The van der Waals surface area contributed by atoms with Gasteiger partial charge in [0, 0.05) is 25.7 Å². The van der Waals surface area contributed by atoms with E-state index in [1.54, 1.807) is 0 Å². The van der Waals surface area contributed by atoms with E-state index in [0.717, 1.165) is 39.3 Å². The second-order valence-electron chi connectivity index (χ2n) is 4.54. The predicted molar refractivity (Wildman–Crippen MR) is 68.8 cm³/mol. The van der Waals surface area contributed by atoms with Crippen molar-refractivity contribution in [2.45, 2.75) is 45.2 Å². The number of nitrogens with one attached hydrogen (secondary N) is 1. The summed E-state index contributed by atoms with van der Waals surface area (Å²) >= 11 is 0. The molecule has 0 aromatic rings. The smallest absolute Gasteiger partial charge is 0.0967 e. The Morgan fingerprint density at radius 3 is 2.71 bits per heavy atom. The van der Waals surface area contributed by atoms with Crippen molar-refractivity contribution in [3.05, 3.63) is 0 Å². The average Bonchev–Trinajstić information content (AvgIpc) is 3.15. The highest BCUT2D eigenvalue weighted by Crippen LogP contribution is 2.19. The normalized spacial score (nSPS) is 17.1. The first kappa shape index (κ1) is 14.4. The Kier molecular flexibility index (Phi) is 7.18. The standard InChI is InChI=1S/C13H25N3O/c1-3-16(9-10-17-4-2)8-7-13(11-14)15-12-5-6-12/h12-13,15H,3-10H2,1-2H3. The third kappa shape index (κ3) is 6.62. The van der Waals surface area contributed by atoms with Gasteiger partial charge in [-0.25, -0.2) is 0 Å². The van der Waals surface area contributed by atoms with Gasteiger partial charge in [0.05, 0.1) is 18.7 Å². The van der Waals surface area contributed by atoms with Crippen LogP contribution in [0.4, 0.5) is 0 Å². The van der Waals surface area contributed by atoms with Crippen molar-refractivity contribution < 1.29 is 4.74 Å². The van der Waals surface area contributed by atoms with Gasteiger partial charge in [-0.05, 0) is 32.7 Å². The largest absolute Gasteiger partial charge is 0.380 e. The van der Waals surface area contributed by atoms with E-state index in [0.29, 0.717) is 6.04 Å². The second kappa shape index (κ2) is 8.46. The van der Waals surface area contributed by atoms with Gasteiger partial charge in [0.2, 0.25) is 0 Å². The Morgan fingerprint density at radius 2 is 2.18 bits per heavy atom. The molecule has 1 rings (SSSR count). The molecular weight excluding hydrogens is 214 g/mol. The minimum Gasteiger partial charge on any atom is -0.380 e. The van der Waals surface area contributed by atoms with Crippen molar-refractivity contribution in [3.8, 4) is 6.07 Å². The van der Waals surface area contributed by atoms with E-state index in [1.165, 1.54) is 12.8 Å². The quantitative estimate of drug-likeness (QED) is 0.585. The maximum Gasteiger partial charge on any atom is 0.0967 e. The zero-order valence-electron chi connectivity index (χ0n) is 11.1. The molecule has 98 valence electrons. The number of likely N-dealkylation sites (N-methyl/N-ethyl adjacent to an activating group) is 1. The monoisotopic (exact) mass is 239 g/mol. The number of nitrogens with zero attached hydrogens (tertiary/aromatic N) is 2. The lowest BCUT2D eigenvalue weighted by molar-refractivity contribution is 0.114. The van der Waals surface area contributed by atoms with Gasteiger partial charge < -0.3 is 9.64 Å². The molecule has 1 fully saturated rings. The van der Waals surface area contributed by atoms with Crippen LogP contribution in [0.3, 0.4) is 0 Å². The molecule has 1 N–H and O–H groups in total. The number of ether oxygens (including phenoxy) is 1. The van der Waals surface area contributed by atoms with Crippen LogP contribution in [0.2, 0.25) is 0 Å². The highest BCUT2D eigenvalue weighted by atomic mass is 16.5. The van der Waals surface area contributed by atoms with E-state index in [-0.39, 0.29) is 6.04 Å². The van der Waals surface area contributed by atoms with Crippen LogP contribution in [0.1, 0.15) is 33.1 Å². The summed E-state index contributed by atoms with van der Waals surface area (Å²) in [5.74, 6) is 0. The SMILES string of the molecule is CCOCCN(CC)CCC(C#N)NC1CC1. The molecule has 1 aliphatic rings. The van der Waals surface area contributed by atoms with Gasteiger partial charge in [-0.15, -0.1) is 0 Å². The van der Waals surface area contributed by atoms with E-state index in [1.807, 2.05) is 6.92 Å². The molecule has 4 heteroatoms. The molecule has 1 unspecified atom stereocenters. The van der Waals surface area contributed by atoms with Gasteiger partial charge in [-0.1, -0.05) is 6.92 Å². The molecule has 0 spiro atoms. The van der Waals surface area contributed by atoms with Crippen molar-refractivity contribution in [1.29, 1.82) is 5.26 Å². The van der Waals surface area contributed by atoms with E-state index in [4.69, 9.17) is 10.00 Å². The predicted octanol–water partition coefficient (Wildman–Crippen LogP) is 1.38. The van der Waals surface area contributed by atoms with Gasteiger partial charge in [0.25, 0.3) is 0 Å². The maximum atomic E-state index is 9.05. The molecule has 1 aliphatic carbocycles. The Hall–Kier alpha value is -0.630. The minimum absolute atomic E-state index is 0.0173. The van der Waals surface area contributed by atoms with Crippen LogP contribution in [0.25, 0.3) is 0 Å². The second-order valence-corrected chi connectivity index (χ2v) is 4.54. The average molecular weight is 239 g/mol. The van der Waals surface area contributed by atoms with Gasteiger partial charge in [-0.2, -0.15) is 5.26 Å². The summed E-state index contributed by atoms with van der Waals surface area (Å²) in [6, 6.07) is 2.98. The fourth-order valence-electron chi connectivity index (χ4n) is 1.80. The third-order valence-corrected chi connectivity index (χ3v) is 3.11. The molecule has 0 heterocycles. The lowest BCUT2D eigenvalue weighted by atomic mass is 10.2. The zero-order chi connectivity index (χ0) is 12.5. The Morgan fingerprint density at radius 1 is 1.41 bits per heavy atom. The van der Waals surface area contributed by atoms with Crippen LogP contribution >= 0.6 is 0 Å². The number of hydrogen-bond donors (Lipinski definition) is 1. The van der Waals surface area contributed by atoms with Crippen molar-refractivity contribution >= 4 is 0 Å². The molecule has 0 saturated heterocycles. The van der Waals surface area contributed by atoms with Crippen molar-refractivity contribution in [2.75, 3.05) is 32.8 Å². The molecule has 4 nitrogen and oxygen atoms in total. The molecular formula is C13H25N3O. The summed E-state index contributed by atoms with van der Waals surface area (Å²) in [5.41, 5.74) is 0. The Labute approximate surface area is 105 Å². The fourth-order valence-corrected chi connectivity index (χ4v) is 1.80. The van der Waals surface area contributed by atoms with Crippen molar-refractivity contribution in [1.82, 2.24) is 10.2 Å². The van der Waals surface area contributed by atoms with Crippen molar-refractivity contribution in [3.63, 3.8) is 0 Å². The molecule has 0 bridgehead atoms. The van der Waals surface area contributed by atoms with Crippen molar-refractivity contribution in [2.24, 2.45) is 0 Å². The Bertz CT molecular complexity index is 235. The molecule has 17 heavy (non-hydrogen) atoms. The van der Waals surface area contributed by atoms with E-state index in [2.05, 4.69) is 23.2 Å². The van der Waals surface area contributed by atoms with Gasteiger partial charge in [-0.3, -0.25) is 5.32 Å². The summed E-state index contributed by atoms with van der Waals surface area (Å²) in [6.07, 6.45) is 3.38. The fraction of sp³-hybridized carbons (Fsp3) is 0.923. The molecule has 1 saturated carbocycles. The zero-order valence-corrected chi connectivity index (χ0v) is 11.1. The van der Waals surface area contributed by atoms with Crippen LogP contribution in [0, 0.1) is 11.3 Å². The number of hydrogen-bond acceptors (Lipinski definition) is 4. The van der Waals surface area contributed by atoms with Crippen LogP contribution in [0.15, 0.2) is 0 Å². The lowest BCUT2D eigenvalue weighted by Gasteiger charge is -2.21. The van der Waals surface area contributed by atoms with Gasteiger partial charge >= 0.3 is 0 Å². The van der Waals surface area contributed by atoms with Crippen LogP contribution in [-0.2, 0) is 4.74 Å². The Balaban J connectivity index is 2.13. The molecule has 0 aliphatic heterocycles. The summed E-state index contributed by atoms with van der Waals surface area (Å²) in [5, 5.41) is 12.4. The first-order valence-corrected chi connectivity index (χ1v) is 6.75. The molecule has 0 radical (unpaired) electrons. The van der Waals surface area contributed by atoms with Gasteiger partial charge in [0.15, 0.2) is 0 Å². The highest BCUT2D eigenvalue weighted by Gasteiger charge is 2.24. The van der Waals surface area contributed by atoms with E-state index in [9.17, 15) is 0 Å². The molecule has 0 aromatic carbocycles. The highest BCUT2D eigenvalue weighted by molar-refractivity contribution is 4.95. The number of rotatable bonds is 10. The summed E-state index contributed by atoms with van der Waals surface area (Å²) in [4.78, 5) is 2.34. The van der Waals surface area contributed by atoms with E-state index >= 15 is 0 Å². The first-order chi connectivity index (χ1) is 8.30.